The van der Waals surface area contributed by atoms with Crippen molar-refractivity contribution in [1.29, 1.82) is 0 Å². The van der Waals surface area contributed by atoms with Crippen molar-refractivity contribution in [3.05, 3.63) is 90.1 Å². The lowest BCUT2D eigenvalue weighted by molar-refractivity contribution is -0.0204. The zero-order valence-corrected chi connectivity index (χ0v) is 40.1. The molecule has 0 bridgehead atoms. The zero-order valence-electron chi connectivity index (χ0n) is 38.1. The average Bonchev–Trinajstić information content (AvgIpc) is 3.10. The van der Waals surface area contributed by atoms with E-state index in [1.54, 1.807) is 7.11 Å². The minimum absolute atomic E-state index is 0.00285. The molecule has 1 aromatic rings. The third kappa shape index (κ3) is 17.2. The van der Waals surface area contributed by atoms with Gasteiger partial charge in [-0.3, -0.25) is 0 Å². The van der Waals surface area contributed by atoms with E-state index in [-0.39, 0.29) is 40.6 Å². The van der Waals surface area contributed by atoms with Crippen LogP contribution in [-0.2, 0) is 29.7 Å². The van der Waals surface area contributed by atoms with Crippen LogP contribution in [0.1, 0.15) is 106 Å². The second kappa shape index (κ2) is 22.5. The molecule has 0 fully saturated rings. The highest BCUT2D eigenvalue weighted by Crippen LogP contribution is 2.39. The molecule has 2 aliphatic heterocycles. The van der Waals surface area contributed by atoms with Gasteiger partial charge in [0.15, 0.2) is 16.6 Å². The SMILES string of the molecule is C=C(CC(O)C=CCC(OCc1ccc(OC)cc1)C(C=CC1CC(C)=CCO1)O[Si](C)(C)C(C)(C)C)CC(C)CC1CC=CC(CCO[Si](C)(C)C(C)(C)C)O1. The van der Waals surface area contributed by atoms with Gasteiger partial charge in [0.05, 0.1) is 56.9 Å². The molecule has 2 heterocycles. The fraction of sp³-hybridized carbons (Fsp3) is 0.667. The van der Waals surface area contributed by atoms with Crippen molar-refractivity contribution >= 4 is 16.6 Å². The molecular formula is C48H80O7Si2. The van der Waals surface area contributed by atoms with E-state index < -0.39 is 22.7 Å². The molecule has 57 heavy (non-hydrogen) atoms. The molecule has 7 nitrogen and oxygen atoms in total. The number of rotatable bonds is 22. The Labute approximate surface area is 350 Å². The molecule has 0 radical (unpaired) electrons. The van der Waals surface area contributed by atoms with E-state index in [0.29, 0.717) is 32.0 Å². The molecular weight excluding hydrogens is 745 g/mol. The van der Waals surface area contributed by atoms with Gasteiger partial charge in [0.25, 0.3) is 0 Å². The van der Waals surface area contributed by atoms with Gasteiger partial charge in [-0.1, -0.05) is 121 Å². The summed E-state index contributed by atoms with van der Waals surface area (Å²) in [6, 6.07) is 7.99. The van der Waals surface area contributed by atoms with Crippen LogP contribution in [0.2, 0.25) is 36.3 Å². The van der Waals surface area contributed by atoms with Gasteiger partial charge in [-0.2, -0.15) is 0 Å². The highest BCUT2D eigenvalue weighted by Gasteiger charge is 2.41. The fourth-order valence-electron chi connectivity index (χ4n) is 6.64. The Morgan fingerprint density at radius 3 is 2.32 bits per heavy atom. The molecule has 2 aliphatic rings. The number of aliphatic hydroxyl groups is 1. The standard InChI is InChI=1S/C48H80O7Si2/c1-36-27-29-51-43(33-36)25-26-46(55-57(13,14)48(7,8)9)45(52-35-39-21-23-41(50-10)24-22-39)20-15-17-40(49)32-37(2)31-38(3)34-44-19-16-18-42(54-44)28-30-53-56(11,12)47(4,5)6/h15-18,21-27,38,40,42-46,49H,2,19-20,28-35H2,1,3-14H3. The van der Waals surface area contributed by atoms with Crippen LogP contribution in [0.4, 0.5) is 0 Å². The van der Waals surface area contributed by atoms with Gasteiger partial charge in [0.2, 0.25) is 0 Å². The van der Waals surface area contributed by atoms with Gasteiger partial charge >= 0.3 is 0 Å². The van der Waals surface area contributed by atoms with E-state index in [2.05, 4.69) is 125 Å². The van der Waals surface area contributed by atoms with Gasteiger partial charge in [-0.15, -0.1) is 0 Å². The van der Waals surface area contributed by atoms with Crippen LogP contribution in [-0.4, -0.2) is 78.7 Å². The Balaban J connectivity index is 1.62. The van der Waals surface area contributed by atoms with Crippen molar-refractivity contribution < 1.29 is 32.9 Å². The Morgan fingerprint density at radius 2 is 1.68 bits per heavy atom. The molecule has 1 aromatic carbocycles. The third-order valence-corrected chi connectivity index (χ3v) is 21.3. The summed E-state index contributed by atoms with van der Waals surface area (Å²) >= 11 is 0. The molecule has 0 spiro atoms. The molecule has 0 amide bonds. The Hall–Kier alpha value is -2.09. The lowest BCUT2D eigenvalue weighted by Crippen LogP contribution is -2.47. The fourth-order valence-corrected chi connectivity index (χ4v) is 8.97. The Morgan fingerprint density at radius 1 is 1.00 bits per heavy atom. The topological polar surface area (TPSA) is 75.6 Å². The molecule has 1 N–H and O–H groups in total. The Bertz CT molecular complexity index is 1480. The maximum absolute atomic E-state index is 11.2. The van der Waals surface area contributed by atoms with Gasteiger partial charge in [0.1, 0.15) is 5.75 Å². The molecule has 0 aliphatic carbocycles. The molecule has 0 aromatic heterocycles. The summed E-state index contributed by atoms with van der Waals surface area (Å²) in [5.74, 6) is 1.21. The number of hydrogen-bond acceptors (Lipinski definition) is 7. The summed E-state index contributed by atoms with van der Waals surface area (Å²) in [5.41, 5.74) is 3.45. The summed E-state index contributed by atoms with van der Waals surface area (Å²) < 4.78 is 38.2. The van der Waals surface area contributed by atoms with Crippen LogP contribution in [0.3, 0.4) is 0 Å². The van der Waals surface area contributed by atoms with Crippen LogP contribution in [0.15, 0.2) is 84.5 Å². The summed E-state index contributed by atoms with van der Waals surface area (Å²) in [4.78, 5) is 0. The average molecular weight is 825 g/mol. The largest absolute Gasteiger partial charge is 0.497 e. The minimum atomic E-state index is -2.19. The summed E-state index contributed by atoms with van der Waals surface area (Å²) in [6.45, 7) is 33.4. The molecule has 0 saturated heterocycles. The van der Waals surface area contributed by atoms with Gasteiger partial charge in [-0.05, 0) is 112 Å². The molecule has 3 rings (SSSR count). The van der Waals surface area contributed by atoms with E-state index in [1.807, 2.05) is 30.3 Å². The smallest absolute Gasteiger partial charge is 0.193 e. The van der Waals surface area contributed by atoms with Crippen molar-refractivity contribution in [2.75, 3.05) is 20.3 Å². The third-order valence-electron chi connectivity index (χ3n) is 12.3. The number of hydrogen-bond donors (Lipinski definition) is 1. The first-order valence-corrected chi connectivity index (χ1v) is 27.3. The first-order valence-electron chi connectivity index (χ1n) is 21.4. The van der Waals surface area contributed by atoms with Crippen LogP contribution in [0.5, 0.6) is 5.75 Å². The van der Waals surface area contributed by atoms with E-state index in [4.69, 9.17) is 27.8 Å². The first-order chi connectivity index (χ1) is 26.6. The Kier molecular flexibility index (Phi) is 19.4. The van der Waals surface area contributed by atoms with Gasteiger partial charge in [0, 0.05) is 6.61 Å². The van der Waals surface area contributed by atoms with Crippen molar-refractivity contribution in [2.24, 2.45) is 5.92 Å². The summed E-state index contributed by atoms with van der Waals surface area (Å²) in [6.07, 6.45) is 19.6. The van der Waals surface area contributed by atoms with E-state index in [1.165, 1.54) is 5.57 Å². The molecule has 7 unspecified atom stereocenters. The predicted molar refractivity (Wildman–Crippen MR) is 243 cm³/mol. The zero-order chi connectivity index (χ0) is 42.4. The second-order valence-corrected chi connectivity index (χ2v) is 29.2. The molecule has 0 saturated carbocycles. The predicted octanol–water partition coefficient (Wildman–Crippen LogP) is 12.1. The first kappa shape index (κ1) is 49.3. The van der Waals surface area contributed by atoms with E-state index in [9.17, 15) is 5.11 Å². The second-order valence-electron chi connectivity index (χ2n) is 19.6. The maximum atomic E-state index is 11.2. The lowest BCUT2D eigenvalue weighted by atomic mass is 9.91. The minimum Gasteiger partial charge on any atom is -0.497 e. The molecule has 322 valence electrons. The highest BCUT2D eigenvalue weighted by atomic mass is 28.4. The van der Waals surface area contributed by atoms with Crippen molar-refractivity contribution in [3.8, 4) is 5.75 Å². The van der Waals surface area contributed by atoms with Crippen molar-refractivity contribution in [2.45, 2.75) is 180 Å². The maximum Gasteiger partial charge on any atom is 0.193 e. The van der Waals surface area contributed by atoms with Crippen LogP contribution >= 0.6 is 0 Å². The van der Waals surface area contributed by atoms with Crippen LogP contribution < -0.4 is 4.74 Å². The quantitative estimate of drug-likeness (QED) is 0.0922. The lowest BCUT2D eigenvalue weighted by Gasteiger charge is -2.40. The molecule has 7 atom stereocenters. The monoisotopic (exact) mass is 825 g/mol. The van der Waals surface area contributed by atoms with E-state index in [0.717, 1.165) is 55.6 Å². The highest BCUT2D eigenvalue weighted by molar-refractivity contribution is 6.74. The van der Waals surface area contributed by atoms with Gasteiger partial charge < -0.3 is 32.9 Å². The number of methoxy groups -OCH3 is 1. The number of ether oxygens (including phenoxy) is 4. The number of benzene rings is 1. The van der Waals surface area contributed by atoms with Crippen molar-refractivity contribution in [1.82, 2.24) is 0 Å². The summed E-state index contributed by atoms with van der Waals surface area (Å²) in [5, 5.41) is 11.4. The van der Waals surface area contributed by atoms with Crippen LogP contribution in [0, 0.1) is 5.92 Å². The van der Waals surface area contributed by atoms with Crippen LogP contribution in [0.25, 0.3) is 0 Å². The molecule has 9 heteroatoms. The van der Waals surface area contributed by atoms with E-state index >= 15 is 0 Å². The normalized spacial score (nSPS) is 22.1. The number of aliphatic hydroxyl groups excluding tert-OH is 1. The summed E-state index contributed by atoms with van der Waals surface area (Å²) in [7, 11) is -2.29. The van der Waals surface area contributed by atoms with Crippen molar-refractivity contribution in [3.63, 3.8) is 0 Å². The van der Waals surface area contributed by atoms with Gasteiger partial charge in [-0.25, -0.2) is 0 Å².